The molecule has 0 amide bonds. The number of rotatable bonds is 5. The Kier molecular flexibility index (Phi) is 4.72. The van der Waals surface area contributed by atoms with E-state index >= 15 is 0 Å². The topological polar surface area (TPSA) is 72.6 Å². The maximum Gasteiger partial charge on any atom is 0.311 e. The van der Waals surface area contributed by atoms with E-state index in [-0.39, 0.29) is 29.7 Å². The number of hydrogen-bond donors (Lipinski definition) is 1. The molecule has 0 radical (unpaired) electrons. The fourth-order valence-corrected chi connectivity index (χ4v) is 1.92. The van der Waals surface area contributed by atoms with E-state index in [2.05, 4.69) is 0 Å². The molecule has 2 aromatic rings. The second kappa shape index (κ2) is 6.51. The Morgan fingerprint density at radius 1 is 1.24 bits per heavy atom. The Morgan fingerprint density at radius 2 is 1.95 bits per heavy atom. The number of nitro groups is 1. The van der Waals surface area contributed by atoms with Gasteiger partial charge in [0, 0.05) is 6.07 Å². The highest BCUT2D eigenvalue weighted by molar-refractivity contribution is 6.30. The smallest absolute Gasteiger partial charge is 0.311 e. The first-order valence-electron chi connectivity index (χ1n) is 5.96. The standard InChI is InChI=1S/C14H11ClFNO4/c15-11-5-10(1-3-12(11)16)8-21-14-4-2-9(7-18)6-13(14)17(19)20/h1-6,18H,7-8H2. The highest BCUT2D eigenvalue weighted by Gasteiger charge is 2.16. The summed E-state index contributed by atoms with van der Waals surface area (Å²) in [6.45, 7) is -0.284. The van der Waals surface area contributed by atoms with Gasteiger partial charge in [-0.25, -0.2) is 4.39 Å². The molecule has 5 nitrogen and oxygen atoms in total. The first-order valence-corrected chi connectivity index (χ1v) is 6.34. The zero-order chi connectivity index (χ0) is 15.4. The number of aliphatic hydroxyl groups excluding tert-OH is 1. The van der Waals surface area contributed by atoms with E-state index < -0.39 is 10.7 Å². The average Bonchev–Trinajstić information content (AvgIpc) is 2.48. The summed E-state index contributed by atoms with van der Waals surface area (Å²) in [4.78, 5) is 10.4. The summed E-state index contributed by atoms with van der Waals surface area (Å²) in [6, 6.07) is 8.26. The van der Waals surface area contributed by atoms with Crippen molar-refractivity contribution in [2.75, 3.05) is 0 Å². The Bertz CT molecular complexity index is 678. The molecule has 0 aliphatic rings. The third kappa shape index (κ3) is 3.68. The van der Waals surface area contributed by atoms with Crippen molar-refractivity contribution in [1.82, 2.24) is 0 Å². The number of nitrogens with zero attached hydrogens (tertiary/aromatic N) is 1. The van der Waals surface area contributed by atoms with Crippen molar-refractivity contribution in [2.45, 2.75) is 13.2 Å². The van der Waals surface area contributed by atoms with Crippen LogP contribution >= 0.6 is 11.6 Å². The minimum absolute atomic E-state index is 0.0132. The Morgan fingerprint density at radius 3 is 2.57 bits per heavy atom. The Hall–Kier alpha value is -2.18. The molecule has 0 bridgehead atoms. The molecule has 0 fully saturated rings. The number of aliphatic hydroxyl groups is 1. The summed E-state index contributed by atoms with van der Waals surface area (Å²) in [5.41, 5.74) is 0.760. The molecule has 2 rings (SSSR count). The molecule has 0 heterocycles. The Labute approximate surface area is 124 Å². The molecule has 0 aliphatic heterocycles. The largest absolute Gasteiger partial charge is 0.482 e. The van der Waals surface area contributed by atoms with E-state index in [0.717, 1.165) is 0 Å². The predicted octanol–water partition coefficient (Wildman–Crippen LogP) is 3.46. The minimum Gasteiger partial charge on any atom is -0.482 e. The lowest BCUT2D eigenvalue weighted by Crippen LogP contribution is -2.00. The van der Waals surface area contributed by atoms with E-state index in [1.165, 1.54) is 36.4 Å². The number of ether oxygens (including phenoxy) is 1. The van der Waals surface area contributed by atoms with Crippen LogP contribution in [-0.4, -0.2) is 10.0 Å². The second-order valence-electron chi connectivity index (χ2n) is 4.25. The van der Waals surface area contributed by atoms with E-state index in [0.29, 0.717) is 11.1 Å². The van der Waals surface area contributed by atoms with Gasteiger partial charge in [-0.3, -0.25) is 10.1 Å². The predicted molar refractivity (Wildman–Crippen MR) is 74.8 cm³/mol. The molecule has 0 spiro atoms. The van der Waals surface area contributed by atoms with Crippen LogP contribution < -0.4 is 4.74 Å². The van der Waals surface area contributed by atoms with Crippen LogP contribution in [0, 0.1) is 15.9 Å². The monoisotopic (exact) mass is 311 g/mol. The first-order chi connectivity index (χ1) is 10.0. The molecular weight excluding hydrogens is 301 g/mol. The average molecular weight is 312 g/mol. The highest BCUT2D eigenvalue weighted by atomic mass is 35.5. The molecule has 1 N–H and O–H groups in total. The lowest BCUT2D eigenvalue weighted by molar-refractivity contribution is -0.386. The van der Waals surface area contributed by atoms with Gasteiger partial charge in [0.15, 0.2) is 5.75 Å². The summed E-state index contributed by atoms with van der Waals surface area (Å²) in [6.07, 6.45) is 0. The van der Waals surface area contributed by atoms with Crippen molar-refractivity contribution in [1.29, 1.82) is 0 Å². The van der Waals surface area contributed by atoms with Crippen LogP contribution in [0.25, 0.3) is 0 Å². The van der Waals surface area contributed by atoms with Gasteiger partial charge in [0.1, 0.15) is 12.4 Å². The van der Waals surface area contributed by atoms with Gasteiger partial charge in [-0.1, -0.05) is 23.7 Å². The number of nitro benzene ring substituents is 1. The zero-order valence-corrected chi connectivity index (χ0v) is 11.5. The van der Waals surface area contributed by atoms with Gasteiger partial charge in [0.2, 0.25) is 0 Å². The normalized spacial score (nSPS) is 10.4. The fourth-order valence-electron chi connectivity index (χ4n) is 1.72. The van der Waals surface area contributed by atoms with Crippen molar-refractivity contribution >= 4 is 17.3 Å². The lowest BCUT2D eigenvalue weighted by atomic mass is 10.2. The van der Waals surface area contributed by atoms with Gasteiger partial charge in [-0.2, -0.15) is 0 Å². The molecule has 0 saturated heterocycles. The van der Waals surface area contributed by atoms with Crippen LogP contribution in [0.15, 0.2) is 36.4 Å². The van der Waals surface area contributed by atoms with Gasteiger partial charge in [-0.15, -0.1) is 0 Å². The molecule has 2 aromatic carbocycles. The maximum atomic E-state index is 13.0. The quantitative estimate of drug-likeness (QED) is 0.678. The maximum absolute atomic E-state index is 13.0. The van der Waals surface area contributed by atoms with Gasteiger partial charge < -0.3 is 9.84 Å². The fraction of sp³-hybridized carbons (Fsp3) is 0.143. The van der Waals surface area contributed by atoms with Crippen LogP contribution in [0.1, 0.15) is 11.1 Å². The molecule has 0 atom stereocenters. The molecule has 110 valence electrons. The van der Waals surface area contributed by atoms with Crippen LogP contribution in [0.5, 0.6) is 5.75 Å². The number of benzene rings is 2. The summed E-state index contributed by atoms with van der Waals surface area (Å²) >= 11 is 5.65. The SMILES string of the molecule is O=[N+]([O-])c1cc(CO)ccc1OCc1ccc(F)c(Cl)c1. The first kappa shape index (κ1) is 15.2. The van der Waals surface area contributed by atoms with Crippen LogP contribution in [0.4, 0.5) is 10.1 Å². The van der Waals surface area contributed by atoms with E-state index in [1.807, 2.05) is 0 Å². The summed E-state index contributed by atoms with van der Waals surface area (Å²) in [7, 11) is 0. The van der Waals surface area contributed by atoms with Gasteiger partial charge in [-0.05, 0) is 29.3 Å². The van der Waals surface area contributed by atoms with Crippen molar-refractivity contribution in [3.63, 3.8) is 0 Å². The van der Waals surface area contributed by atoms with E-state index in [4.69, 9.17) is 21.4 Å². The molecule has 0 aromatic heterocycles. The number of halogens is 2. The third-order valence-corrected chi connectivity index (χ3v) is 3.07. The summed E-state index contributed by atoms with van der Waals surface area (Å²) in [5, 5.41) is 19.9. The second-order valence-corrected chi connectivity index (χ2v) is 4.66. The number of hydrogen-bond acceptors (Lipinski definition) is 4. The molecule has 21 heavy (non-hydrogen) atoms. The third-order valence-electron chi connectivity index (χ3n) is 2.78. The molecule has 0 unspecified atom stereocenters. The zero-order valence-electron chi connectivity index (χ0n) is 10.8. The van der Waals surface area contributed by atoms with Gasteiger partial charge in [0.05, 0.1) is 16.6 Å². The lowest BCUT2D eigenvalue weighted by Gasteiger charge is -2.08. The van der Waals surface area contributed by atoms with Crippen molar-refractivity contribution in [3.05, 3.63) is 68.5 Å². The van der Waals surface area contributed by atoms with Gasteiger partial charge in [0.25, 0.3) is 0 Å². The molecular formula is C14H11ClFNO4. The van der Waals surface area contributed by atoms with Crippen molar-refractivity contribution in [2.24, 2.45) is 0 Å². The van der Waals surface area contributed by atoms with Crippen molar-refractivity contribution in [3.8, 4) is 5.75 Å². The Balaban J connectivity index is 2.19. The minimum atomic E-state index is -0.591. The molecule has 7 heteroatoms. The molecule has 0 saturated carbocycles. The van der Waals surface area contributed by atoms with Crippen molar-refractivity contribution < 1.29 is 19.2 Å². The van der Waals surface area contributed by atoms with E-state index in [1.54, 1.807) is 0 Å². The van der Waals surface area contributed by atoms with E-state index in [9.17, 15) is 14.5 Å². The van der Waals surface area contributed by atoms with Gasteiger partial charge >= 0.3 is 5.69 Å². The summed E-state index contributed by atoms with van der Waals surface area (Å²) in [5.74, 6) is -0.476. The summed E-state index contributed by atoms with van der Waals surface area (Å²) < 4.78 is 18.4. The van der Waals surface area contributed by atoms with Crippen LogP contribution in [0.3, 0.4) is 0 Å². The molecule has 0 aliphatic carbocycles. The highest BCUT2D eigenvalue weighted by Crippen LogP contribution is 2.29. The van der Waals surface area contributed by atoms with Crippen LogP contribution in [0.2, 0.25) is 5.02 Å². The van der Waals surface area contributed by atoms with Crippen LogP contribution in [-0.2, 0) is 13.2 Å².